The molecule has 0 saturated carbocycles. The van der Waals surface area contributed by atoms with Crippen molar-refractivity contribution in [2.45, 2.75) is 32.1 Å². The maximum Gasteiger partial charge on any atom is 0.232 e. The summed E-state index contributed by atoms with van der Waals surface area (Å²) in [6, 6.07) is 8.24. The summed E-state index contributed by atoms with van der Waals surface area (Å²) in [5.74, 6) is 1.53. The summed E-state index contributed by atoms with van der Waals surface area (Å²) in [7, 11) is 1.81. The lowest BCUT2D eigenvalue weighted by Gasteiger charge is -2.19. The van der Waals surface area contributed by atoms with E-state index in [1.54, 1.807) is 16.0 Å². The van der Waals surface area contributed by atoms with Crippen molar-refractivity contribution in [1.82, 2.24) is 25.1 Å². The fraction of sp³-hybridized carbons (Fsp3) is 0.400. The van der Waals surface area contributed by atoms with Crippen LogP contribution in [-0.2, 0) is 18.3 Å². The maximum absolute atomic E-state index is 12.5. The lowest BCUT2D eigenvalue weighted by Crippen LogP contribution is -2.27. The van der Waals surface area contributed by atoms with Crippen molar-refractivity contribution < 1.29 is 4.79 Å². The molecule has 1 aliphatic rings. The summed E-state index contributed by atoms with van der Waals surface area (Å²) < 4.78 is 1.65. The van der Waals surface area contributed by atoms with Crippen LogP contribution in [0.2, 0.25) is 0 Å². The number of aromatic nitrogens is 4. The van der Waals surface area contributed by atoms with Crippen LogP contribution in [0.1, 0.15) is 35.8 Å². The number of carbonyl (C=O) groups is 1. The molecule has 0 atom stereocenters. The van der Waals surface area contributed by atoms with E-state index in [2.05, 4.69) is 56.9 Å². The van der Waals surface area contributed by atoms with E-state index in [4.69, 9.17) is 0 Å². The van der Waals surface area contributed by atoms with E-state index in [0.717, 1.165) is 48.0 Å². The zero-order valence-corrected chi connectivity index (χ0v) is 16.9. The number of hydrogen-bond acceptors (Lipinski definition) is 6. The Balaban J connectivity index is 1.39. The van der Waals surface area contributed by atoms with Gasteiger partial charge < -0.3 is 5.32 Å². The van der Waals surface area contributed by atoms with Crippen LogP contribution in [0.4, 0.5) is 5.95 Å². The minimum Gasteiger partial charge on any atom is -0.317 e. The topological polar surface area (TPSA) is 84.7 Å². The standard InChI is InChI=1S/C20H24N6OS/c1-13-3-5-15(6-4-13)19-22-16(12-28-19)11-17(27)23-20-24-18(25-26(20)2)14-7-9-21-10-8-14/h3-6,12,14,21H,7-11H2,1-2H3,(H,23,24,25,27). The Morgan fingerprint density at radius 2 is 2.00 bits per heavy atom. The number of anilines is 1. The fourth-order valence-corrected chi connectivity index (χ4v) is 4.14. The molecule has 1 aromatic carbocycles. The van der Waals surface area contributed by atoms with Gasteiger partial charge in [-0.25, -0.2) is 9.67 Å². The molecular formula is C20H24N6OS. The molecule has 1 fully saturated rings. The molecule has 1 aliphatic heterocycles. The molecular weight excluding hydrogens is 372 g/mol. The Hall–Kier alpha value is -2.58. The van der Waals surface area contributed by atoms with Crippen molar-refractivity contribution in [3.63, 3.8) is 0 Å². The molecule has 2 N–H and O–H groups in total. The van der Waals surface area contributed by atoms with Gasteiger partial charge >= 0.3 is 0 Å². The molecule has 3 aromatic rings. The van der Waals surface area contributed by atoms with Crippen LogP contribution >= 0.6 is 11.3 Å². The van der Waals surface area contributed by atoms with Gasteiger partial charge in [-0.15, -0.1) is 11.3 Å². The largest absolute Gasteiger partial charge is 0.317 e. The minimum absolute atomic E-state index is 0.131. The van der Waals surface area contributed by atoms with Crippen LogP contribution in [0.3, 0.4) is 0 Å². The molecule has 0 spiro atoms. The molecule has 4 rings (SSSR count). The maximum atomic E-state index is 12.5. The number of rotatable bonds is 5. The van der Waals surface area contributed by atoms with Crippen LogP contribution in [0.5, 0.6) is 0 Å². The molecule has 0 radical (unpaired) electrons. The third-order valence-corrected chi connectivity index (χ3v) is 5.87. The number of hydrogen-bond donors (Lipinski definition) is 2. The second kappa shape index (κ2) is 8.20. The van der Waals surface area contributed by atoms with E-state index in [1.807, 2.05) is 12.4 Å². The van der Waals surface area contributed by atoms with Gasteiger partial charge in [0, 0.05) is 23.9 Å². The quantitative estimate of drug-likeness (QED) is 0.693. The summed E-state index contributed by atoms with van der Waals surface area (Å²) in [5, 5.41) is 13.6. The molecule has 8 heteroatoms. The number of benzene rings is 1. The second-order valence-electron chi connectivity index (χ2n) is 7.18. The van der Waals surface area contributed by atoms with Gasteiger partial charge in [0.15, 0.2) is 5.82 Å². The zero-order valence-electron chi connectivity index (χ0n) is 16.1. The van der Waals surface area contributed by atoms with Crippen molar-refractivity contribution in [3.05, 3.63) is 46.7 Å². The molecule has 0 unspecified atom stereocenters. The average Bonchev–Trinajstić information content (AvgIpc) is 3.30. The van der Waals surface area contributed by atoms with E-state index in [9.17, 15) is 4.79 Å². The smallest absolute Gasteiger partial charge is 0.232 e. The number of thiazole rings is 1. The van der Waals surface area contributed by atoms with Crippen molar-refractivity contribution in [1.29, 1.82) is 0 Å². The highest BCUT2D eigenvalue weighted by atomic mass is 32.1. The van der Waals surface area contributed by atoms with Gasteiger partial charge in [-0.1, -0.05) is 29.8 Å². The average molecular weight is 397 g/mol. The summed E-state index contributed by atoms with van der Waals surface area (Å²) in [6.07, 6.45) is 2.27. The third-order valence-electron chi connectivity index (χ3n) is 4.93. The Morgan fingerprint density at radius 3 is 2.75 bits per heavy atom. The number of nitrogens with one attached hydrogen (secondary N) is 2. The van der Waals surface area contributed by atoms with Crippen LogP contribution in [0, 0.1) is 6.92 Å². The highest BCUT2D eigenvalue weighted by molar-refractivity contribution is 7.13. The molecule has 7 nitrogen and oxygen atoms in total. The number of carbonyl (C=O) groups excluding carboxylic acids is 1. The normalized spacial score (nSPS) is 14.9. The molecule has 3 heterocycles. The minimum atomic E-state index is -0.131. The molecule has 1 saturated heterocycles. The first-order valence-electron chi connectivity index (χ1n) is 9.51. The van der Waals surface area contributed by atoms with E-state index >= 15 is 0 Å². The SMILES string of the molecule is Cc1ccc(-c2nc(CC(=O)Nc3nc(C4CCNCC4)nn3C)cs2)cc1. The summed E-state index contributed by atoms with van der Waals surface area (Å²) in [6.45, 7) is 4.03. The van der Waals surface area contributed by atoms with Crippen LogP contribution in [0.15, 0.2) is 29.6 Å². The van der Waals surface area contributed by atoms with Gasteiger partial charge in [0.25, 0.3) is 0 Å². The predicted octanol–water partition coefficient (Wildman–Crippen LogP) is 2.90. The monoisotopic (exact) mass is 396 g/mol. The molecule has 0 bridgehead atoms. The second-order valence-corrected chi connectivity index (χ2v) is 8.03. The molecule has 28 heavy (non-hydrogen) atoms. The van der Waals surface area contributed by atoms with E-state index in [1.165, 1.54) is 5.56 Å². The molecule has 2 aromatic heterocycles. The number of nitrogens with zero attached hydrogens (tertiary/aromatic N) is 4. The highest BCUT2D eigenvalue weighted by Gasteiger charge is 2.21. The van der Waals surface area contributed by atoms with Gasteiger partial charge in [-0.05, 0) is 32.9 Å². The Kier molecular flexibility index (Phi) is 5.50. The van der Waals surface area contributed by atoms with E-state index < -0.39 is 0 Å². The number of piperidine rings is 1. The van der Waals surface area contributed by atoms with Gasteiger partial charge in [-0.3, -0.25) is 10.1 Å². The zero-order chi connectivity index (χ0) is 19.5. The fourth-order valence-electron chi connectivity index (χ4n) is 3.32. The lowest BCUT2D eigenvalue weighted by molar-refractivity contribution is -0.115. The van der Waals surface area contributed by atoms with Gasteiger partial charge in [0.1, 0.15) is 5.01 Å². The Morgan fingerprint density at radius 1 is 1.25 bits per heavy atom. The highest BCUT2D eigenvalue weighted by Crippen LogP contribution is 2.25. The summed E-state index contributed by atoms with van der Waals surface area (Å²) in [4.78, 5) is 21.6. The van der Waals surface area contributed by atoms with Crippen LogP contribution in [-0.4, -0.2) is 38.7 Å². The first-order valence-corrected chi connectivity index (χ1v) is 10.4. The number of amides is 1. The summed E-state index contributed by atoms with van der Waals surface area (Å²) >= 11 is 1.55. The molecule has 1 amide bonds. The summed E-state index contributed by atoms with van der Waals surface area (Å²) in [5.41, 5.74) is 3.05. The number of aryl methyl sites for hydroxylation is 2. The lowest BCUT2D eigenvalue weighted by atomic mass is 9.98. The van der Waals surface area contributed by atoms with Crippen LogP contribution < -0.4 is 10.6 Å². The van der Waals surface area contributed by atoms with Crippen molar-refractivity contribution >= 4 is 23.2 Å². The predicted molar refractivity (Wildman–Crippen MR) is 110 cm³/mol. The van der Waals surface area contributed by atoms with Gasteiger partial charge in [0.2, 0.25) is 11.9 Å². The Bertz CT molecular complexity index is 955. The van der Waals surface area contributed by atoms with E-state index in [-0.39, 0.29) is 12.3 Å². The first-order chi connectivity index (χ1) is 13.6. The molecule has 0 aliphatic carbocycles. The van der Waals surface area contributed by atoms with Gasteiger partial charge in [-0.2, -0.15) is 10.1 Å². The Labute approximate surface area is 168 Å². The third kappa shape index (κ3) is 4.28. The first kappa shape index (κ1) is 18.8. The van der Waals surface area contributed by atoms with Crippen molar-refractivity contribution in [3.8, 4) is 10.6 Å². The molecule has 146 valence electrons. The van der Waals surface area contributed by atoms with Crippen molar-refractivity contribution in [2.24, 2.45) is 7.05 Å². The van der Waals surface area contributed by atoms with Gasteiger partial charge in [0.05, 0.1) is 12.1 Å². The van der Waals surface area contributed by atoms with E-state index in [0.29, 0.717) is 11.9 Å². The van der Waals surface area contributed by atoms with Crippen LogP contribution in [0.25, 0.3) is 10.6 Å². The van der Waals surface area contributed by atoms with Crippen molar-refractivity contribution in [2.75, 3.05) is 18.4 Å².